The molecule has 0 saturated heterocycles. The van der Waals surface area contributed by atoms with Gasteiger partial charge in [-0.25, -0.2) is 0 Å². The summed E-state index contributed by atoms with van der Waals surface area (Å²) < 4.78 is 27.7. The Morgan fingerprint density at radius 3 is 2.37 bits per heavy atom. The molecule has 1 atom stereocenters. The van der Waals surface area contributed by atoms with E-state index in [2.05, 4.69) is 5.32 Å². The Kier molecular flexibility index (Phi) is 6.92. The number of fused-ring (bicyclic) bond motifs is 1. The third-order valence-electron chi connectivity index (χ3n) is 4.94. The zero-order chi connectivity index (χ0) is 21.7. The average molecular weight is 415 g/mol. The minimum absolute atomic E-state index is 0.115. The van der Waals surface area contributed by atoms with Crippen LogP contribution in [0.2, 0.25) is 0 Å². The number of aryl methyl sites for hydroxylation is 1. The Labute approximate surface area is 177 Å². The molecule has 1 aliphatic rings. The van der Waals surface area contributed by atoms with Crippen LogP contribution in [-0.4, -0.2) is 39.9 Å². The van der Waals surface area contributed by atoms with E-state index in [0.717, 1.165) is 23.3 Å². The number of methoxy groups -OCH3 is 3. The molecule has 0 saturated carbocycles. The summed E-state index contributed by atoms with van der Waals surface area (Å²) in [4.78, 5) is 12.6. The van der Waals surface area contributed by atoms with Crippen LogP contribution in [0, 0.1) is 0 Å². The van der Waals surface area contributed by atoms with Crippen molar-refractivity contribution in [3.8, 4) is 28.7 Å². The number of benzene rings is 2. The molecular formula is C23H29NO6. The molecule has 162 valence electrons. The monoisotopic (exact) mass is 415 g/mol. The van der Waals surface area contributed by atoms with Gasteiger partial charge in [0, 0.05) is 24.5 Å². The first-order valence-corrected chi connectivity index (χ1v) is 10.0. The normalized spacial score (nSPS) is 14.5. The molecule has 0 radical (unpaired) electrons. The summed E-state index contributed by atoms with van der Waals surface area (Å²) in [7, 11) is 4.70. The molecule has 1 aliphatic heterocycles. The highest BCUT2D eigenvalue weighted by molar-refractivity contribution is 5.93. The van der Waals surface area contributed by atoms with Crippen molar-refractivity contribution in [3.05, 3.63) is 35.4 Å². The second kappa shape index (κ2) is 9.61. The topological polar surface area (TPSA) is 75.3 Å². The van der Waals surface area contributed by atoms with Crippen molar-refractivity contribution in [3.63, 3.8) is 0 Å². The van der Waals surface area contributed by atoms with Crippen LogP contribution in [0.5, 0.6) is 28.7 Å². The first kappa shape index (κ1) is 21.6. The summed E-state index contributed by atoms with van der Waals surface area (Å²) in [6, 6.07) is 7.51. The number of ether oxygens (including phenoxy) is 5. The summed E-state index contributed by atoms with van der Waals surface area (Å²) >= 11 is 0. The van der Waals surface area contributed by atoms with Gasteiger partial charge < -0.3 is 29.0 Å². The number of rotatable bonds is 9. The van der Waals surface area contributed by atoms with Crippen molar-refractivity contribution in [1.29, 1.82) is 0 Å². The fourth-order valence-corrected chi connectivity index (χ4v) is 3.56. The smallest absolute Gasteiger partial charge is 0.224 e. The Morgan fingerprint density at radius 2 is 1.77 bits per heavy atom. The van der Waals surface area contributed by atoms with E-state index in [1.54, 1.807) is 21.3 Å². The Morgan fingerprint density at radius 1 is 1.07 bits per heavy atom. The van der Waals surface area contributed by atoms with Crippen LogP contribution in [0.4, 0.5) is 5.69 Å². The minimum Gasteiger partial charge on any atom is -0.493 e. The fraction of sp³-hybridized carbons (Fsp3) is 0.435. The summed E-state index contributed by atoms with van der Waals surface area (Å²) in [5.41, 5.74) is 2.64. The molecule has 2 aromatic carbocycles. The first-order valence-electron chi connectivity index (χ1n) is 10.0. The van der Waals surface area contributed by atoms with E-state index in [1.165, 1.54) is 0 Å². The summed E-state index contributed by atoms with van der Waals surface area (Å²) in [6.07, 6.45) is 1.77. The SMILES string of the molecule is CCOc1cc2c(cc1NC(=O)CCc1cc(OC)c(OC)c(OC)c1)OC(C)C2. The van der Waals surface area contributed by atoms with E-state index in [0.29, 0.717) is 48.1 Å². The molecule has 30 heavy (non-hydrogen) atoms. The Balaban J connectivity index is 1.72. The van der Waals surface area contributed by atoms with Gasteiger partial charge in [-0.1, -0.05) is 0 Å². The molecule has 1 N–H and O–H groups in total. The van der Waals surface area contributed by atoms with Gasteiger partial charge >= 0.3 is 0 Å². The van der Waals surface area contributed by atoms with Gasteiger partial charge in [-0.2, -0.15) is 0 Å². The molecule has 7 heteroatoms. The number of hydrogen-bond acceptors (Lipinski definition) is 6. The zero-order valence-electron chi connectivity index (χ0n) is 18.2. The second-order valence-electron chi connectivity index (χ2n) is 7.10. The minimum atomic E-state index is -0.115. The third kappa shape index (κ3) is 4.72. The van der Waals surface area contributed by atoms with E-state index in [-0.39, 0.29) is 12.0 Å². The second-order valence-corrected chi connectivity index (χ2v) is 7.10. The highest BCUT2D eigenvalue weighted by Crippen LogP contribution is 2.39. The maximum atomic E-state index is 12.6. The summed E-state index contributed by atoms with van der Waals surface area (Å²) in [6.45, 7) is 4.46. The van der Waals surface area contributed by atoms with Gasteiger partial charge in [0.25, 0.3) is 0 Å². The van der Waals surface area contributed by atoms with Crippen molar-refractivity contribution in [2.24, 2.45) is 0 Å². The molecule has 0 aromatic heterocycles. The highest BCUT2D eigenvalue weighted by Gasteiger charge is 2.22. The number of anilines is 1. The Hall–Kier alpha value is -3.09. The molecule has 0 fully saturated rings. The van der Waals surface area contributed by atoms with Gasteiger partial charge in [0.15, 0.2) is 11.5 Å². The maximum Gasteiger partial charge on any atom is 0.224 e. The number of amides is 1. The largest absolute Gasteiger partial charge is 0.493 e. The highest BCUT2D eigenvalue weighted by atomic mass is 16.5. The van der Waals surface area contributed by atoms with Crippen molar-refractivity contribution in [1.82, 2.24) is 0 Å². The first-order chi connectivity index (χ1) is 14.5. The van der Waals surface area contributed by atoms with Gasteiger partial charge in [-0.3, -0.25) is 4.79 Å². The quantitative estimate of drug-likeness (QED) is 0.667. The van der Waals surface area contributed by atoms with Crippen LogP contribution in [0.15, 0.2) is 24.3 Å². The predicted molar refractivity (Wildman–Crippen MR) is 114 cm³/mol. The van der Waals surface area contributed by atoms with E-state index in [9.17, 15) is 4.79 Å². The van der Waals surface area contributed by atoms with Crippen molar-refractivity contribution in [2.45, 2.75) is 39.2 Å². The standard InChI is InChI=1S/C23H29NO6/c1-6-29-19-12-16-9-14(2)30-18(16)13-17(19)24-22(25)8-7-15-10-20(26-3)23(28-5)21(11-15)27-4/h10-14H,6-9H2,1-5H3,(H,24,25). The van der Waals surface area contributed by atoms with Gasteiger partial charge in [0.2, 0.25) is 11.7 Å². The van der Waals surface area contributed by atoms with Crippen molar-refractivity contribution in [2.75, 3.05) is 33.3 Å². The fourth-order valence-electron chi connectivity index (χ4n) is 3.56. The molecule has 3 rings (SSSR count). The molecule has 0 bridgehead atoms. The molecule has 0 spiro atoms. The van der Waals surface area contributed by atoms with Gasteiger partial charge in [0.05, 0.1) is 33.6 Å². The zero-order valence-corrected chi connectivity index (χ0v) is 18.2. The van der Waals surface area contributed by atoms with Crippen molar-refractivity contribution >= 4 is 11.6 Å². The molecule has 2 aromatic rings. The maximum absolute atomic E-state index is 12.6. The van der Waals surface area contributed by atoms with Crippen LogP contribution in [0.25, 0.3) is 0 Å². The lowest BCUT2D eigenvalue weighted by Crippen LogP contribution is -2.13. The van der Waals surface area contributed by atoms with E-state index in [1.807, 2.05) is 38.1 Å². The lowest BCUT2D eigenvalue weighted by Gasteiger charge is -2.15. The van der Waals surface area contributed by atoms with E-state index in [4.69, 9.17) is 23.7 Å². The lowest BCUT2D eigenvalue weighted by molar-refractivity contribution is -0.116. The number of carbonyl (C=O) groups is 1. The van der Waals surface area contributed by atoms with E-state index >= 15 is 0 Å². The Bertz CT molecular complexity index is 886. The lowest BCUT2D eigenvalue weighted by atomic mass is 10.1. The van der Waals surface area contributed by atoms with Gasteiger partial charge in [-0.05, 0) is 44.0 Å². The molecule has 7 nitrogen and oxygen atoms in total. The van der Waals surface area contributed by atoms with Crippen LogP contribution >= 0.6 is 0 Å². The van der Waals surface area contributed by atoms with Crippen LogP contribution < -0.4 is 29.0 Å². The van der Waals surface area contributed by atoms with Crippen LogP contribution in [0.1, 0.15) is 31.4 Å². The number of nitrogens with one attached hydrogen (secondary N) is 1. The molecule has 1 amide bonds. The van der Waals surface area contributed by atoms with Gasteiger partial charge in [0.1, 0.15) is 17.6 Å². The van der Waals surface area contributed by atoms with Crippen LogP contribution in [-0.2, 0) is 17.6 Å². The van der Waals surface area contributed by atoms with Gasteiger partial charge in [-0.15, -0.1) is 0 Å². The molecule has 1 heterocycles. The summed E-state index contributed by atoms with van der Waals surface area (Å²) in [5.74, 6) is 3.00. The summed E-state index contributed by atoms with van der Waals surface area (Å²) in [5, 5.41) is 2.96. The third-order valence-corrected chi connectivity index (χ3v) is 4.94. The van der Waals surface area contributed by atoms with Crippen molar-refractivity contribution < 1.29 is 28.5 Å². The molecular weight excluding hydrogens is 386 g/mol. The molecule has 0 aliphatic carbocycles. The molecule has 1 unspecified atom stereocenters. The number of carbonyl (C=O) groups excluding carboxylic acids is 1. The average Bonchev–Trinajstić information content (AvgIpc) is 3.10. The van der Waals surface area contributed by atoms with Crippen LogP contribution in [0.3, 0.4) is 0 Å². The van der Waals surface area contributed by atoms with E-state index < -0.39 is 0 Å². The predicted octanol–water partition coefficient (Wildman–Crippen LogP) is 4.01. The number of hydrogen-bond donors (Lipinski definition) is 1.